The summed E-state index contributed by atoms with van der Waals surface area (Å²) in [5.41, 5.74) is 0.139. The van der Waals surface area contributed by atoms with Crippen LogP contribution in [0.25, 0.3) is 16.2 Å². The van der Waals surface area contributed by atoms with Gasteiger partial charge in [0.15, 0.2) is 10.8 Å². The summed E-state index contributed by atoms with van der Waals surface area (Å²) in [6.07, 6.45) is 4.40. The number of hydrogen-bond donors (Lipinski definition) is 1. The molecule has 1 fully saturated rings. The van der Waals surface area contributed by atoms with E-state index in [0.29, 0.717) is 47.6 Å². The summed E-state index contributed by atoms with van der Waals surface area (Å²) in [7, 11) is 0. The summed E-state index contributed by atoms with van der Waals surface area (Å²) in [5, 5.41) is 12.1. The molecule has 0 unspecified atom stereocenters. The molecule has 0 spiro atoms. The van der Waals surface area contributed by atoms with Crippen molar-refractivity contribution in [2.45, 2.75) is 33.6 Å². The molecule has 0 aromatic carbocycles. The Bertz CT molecular complexity index is 1210. The van der Waals surface area contributed by atoms with Gasteiger partial charge in [0.2, 0.25) is 5.43 Å². The fourth-order valence-corrected chi connectivity index (χ4v) is 4.39. The number of carbonyl (C=O) groups is 2. The van der Waals surface area contributed by atoms with Crippen LogP contribution in [0, 0.1) is 18.8 Å². The number of ketones is 1. The predicted octanol–water partition coefficient (Wildman–Crippen LogP) is 3.29. The fraction of sp³-hybridized carbons (Fsp3) is 0.409. The number of aryl methyl sites for hydroxylation is 1. The molecule has 0 amide bonds. The lowest BCUT2D eigenvalue weighted by Crippen LogP contribution is -2.51. The summed E-state index contributed by atoms with van der Waals surface area (Å²) in [6.45, 7) is 7.20. The van der Waals surface area contributed by atoms with Gasteiger partial charge in [0.05, 0.1) is 11.3 Å². The SMILES string of the molecule is Cc1cc(N2CC(C(=O)CCC(C)C)C2)nc2c1c(=O)c(C(=O)O)cn2-c1nccs1. The van der Waals surface area contributed by atoms with Gasteiger partial charge in [-0.05, 0) is 30.9 Å². The van der Waals surface area contributed by atoms with Crippen LogP contribution in [0.1, 0.15) is 42.6 Å². The van der Waals surface area contributed by atoms with E-state index in [1.165, 1.54) is 17.5 Å². The van der Waals surface area contributed by atoms with Crippen molar-refractivity contribution in [2.24, 2.45) is 11.8 Å². The van der Waals surface area contributed by atoms with E-state index < -0.39 is 11.4 Å². The molecule has 4 heterocycles. The molecule has 1 aliphatic heterocycles. The lowest BCUT2D eigenvalue weighted by atomic mass is 9.90. The lowest BCUT2D eigenvalue weighted by molar-refractivity contribution is -0.123. The molecule has 1 saturated heterocycles. The van der Waals surface area contributed by atoms with Crippen molar-refractivity contribution >= 4 is 39.9 Å². The van der Waals surface area contributed by atoms with Gasteiger partial charge in [0.25, 0.3) is 0 Å². The van der Waals surface area contributed by atoms with E-state index in [-0.39, 0.29) is 22.7 Å². The molecule has 3 aromatic rings. The third kappa shape index (κ3) is 3.97. The number of fused-ring (bicyclic) bond motifs is 1. The van der Waals surface area contributed by atoms with Gasteiger partial charge in [-0.1, -0.05) is 13.8 Å². The molecule has 0 aliphatic carbocycles. The Hall–Kier alpha value is -3.07. The van der Waals surface area contributed by atoms with Crippen molar-refractivity contribution in [1.29, 1.82) is 0 Å². The van der Waals surface area contributed by atoms with E-state index in [2.05, 4.69) is 18.8 Å². The first-order valence-corrected chi connectivity index (χ1v) is 11.1. The summed E-state index contributed by atoms with van der Waals surface area (Å²) in [5.74, 6) is 0.181. The maximum atomic E-state index is 12.8. The number of anilines is 1. The van der Waals surface area contributed by atoms with E-state index in [0.717, 1.165) is 6.42 Å². The van der Waals surface area contributed by atoms with Crippen molar-refractivity contribution in [1.82, 2.24) is 14.5 Å². The molecule has 1 N–H and O–H groups in total. The standard InChI is InChI=1S/C22H24N4O4S/c1-12(2)4-5-16(27)14-9-25(10-14)17-8-13(3)18-19(28)15(21(29)30)11-26(20(18)24-17)22-23-6-7-31-22/h6-8,11-12,14H,4-5,9-10H2,1-3H3,(H,29,30). The van der Waals surface area contributed by atoms with Gasteiger partial charge >= 0.3 is 5.97 Å². The number of hydrogen-bond acceptors (Lipinski definition) is 7. The first-order valence-electron chi connectivity index (χ1n) is 10.2. The van der Waals surface area contributed by atoms with Crippen LogP contribution in [0.2, 0.25) is 0 Å². The van der Waals surface area contributed by atoms with E-state index in [1.54, 1.807) is 29.1 Å². The van der Waals surface area contributed by atoms with Crippen LogP contribution in [-0.4, -0.2) is 44.5 Å². The van der Waals surface area contributed by atoms with Gasteiger partial charge in [-0.25, -0.2) is 14.8 Å². The quantitative estimate of drug-likeness (QED) is 0.601. The molecule has 9 heteroatoms. The number of aromatic carboxylic acids is 1. The summed E-state index contributed by atoms with van der Waals surface area (Å²) < 4.78 is 1.56. The van der Waals surface area contributed by atoms with Gasteiger partial charge in [-0.2, -0.15) is 0 Å². The minimum atomic E-state index is -1.29. The molecular formula is C22H24N4O4S. The molecule has 31 heavy (non-hydrogen) atoms. The monoisotopic (exact) mass is 440 g/mol. The second kappa shape index (κ2) is 8.22. The van der Waals surface area contributed by atoms with Crippen molar-refractivity contribution in [3.8, 4) is 5.13 Å². The molecular weight excluding hydrogens is 416 g/mol. The van der Waals surface area contributed by atoms with Gasteiger partial charge in [0, 0.05) is 37.3 Å². The fourth-order valence-electron chi connectivity index (χ4n) is 3.78. The van der Waals surface area contributed by atoms with Crippen LogP contribution in [0.3, 0.4) is 0 Å². The maximum Gasteiger partial charge on any atom is 0.341 e. The third-order valence-electron chi connectivity index (χ3n) is 5.63. The molecule has 162 valence electrons. The van der Waals surface area contributed by atoms with Crippen molar-refractivity contribution in [2.75, 3.05) is 18.0 Å². The van der Waals surface area contributed by atoms with Crippen LogP contribution in [0.4, 0.5) is 5.82 Å². The average Bonchev–Trinajstić information content (AvgIpc) is 3.19. The zero-order valence-electron chi connectivity index (χ0n) is 17.7. The Balaban J connectivity index is 1.71. The van der Waals surface area contributed by atoms with Gasteiger partial charge < -0.3 is 10.0 Å². The molecule has 0 radical (unpaired) electrons. The second-order valence-corrected chi connectivity index (χ2v) is 9.23. The minimum absolute atomic E-state index is 0.00657. The Morgan fingerprint density at radius 1 is 1.32 bits per heavy atom. The Morgan fingerprint density at radius 3 is 2.68 bits per heavy atom. The Morgan fingerprint density at radius 2 is 2.06 bits per heavy atom. The highest BCUT2D eigenvalue weighted by molar-refractivity contribution is 7.12. The number of carboxylic acids is 1. The number of rotatable bonds is 7. The average molecular weight is 441 g/mol. The number of carbonyl (C=O) groups excluding carboxylic acids is 1. The van der Waals surface area contributed by atoms with Crippen molar-refractivity contribution in [3.05, 3.63) is 45.2 Å². The van der Waals surface area contributed by atoms with Gasteiger partial charge in [-0.15, -0.1) is 11.3 Å². The predicted molar refractivity (Wildman–Crippen MR) is 119 cm³/mol. The number of pyridine rings is 2. The number of thiazole rings is 1. The zero-order chi connectivity index (χ0) is 22.3. The van der Waals surface area contributed by atoms with Gasteiger partial charge in [-0.3, -0.25) is 14.2 Å². The summed E-state index contributed by atoms with van der Waals surface area (Å²) >= 11 is 1.33. The van der Waals surface area contributed by atoms with Crippen LogP contribution in [0.5, 0.6) is 0 Å². The van der Waals surface area contributed by atoms with E-state index in [9.17, 15) is 19.5 Å². The lowest BCUT2D eigenvalue weighted by Gasteiger charge is -2.39. The molecule has 0 bridgehead atoms. The van der Waals surface area contributed by atoms with Crippen LogP contribution in [0.15, 0.2) is 28.6 Å². The van der Waals surface area contributed by atoms with E-state index in [1.807, 2.05) is 4.90 Å². The largest absolute Gasteiger partial charge is 0.477 e. The molecule has 3 aromatic heterocycles. The van der Waals surface area contributed by atoms with Crippen LogP contribution in [-0.2, 0) is 4.79 Å². The number of nitrogens with zero attached hydrogens (tertiary/aromatic N) is 4. The highest BCUT2D eigenvalue weighted by Gasteiger charge is 2.33. The van der Waals surface area contributed by atoms with Crippen molar-refractivity contribution < 1.29 is 14.7 Å². The van der Waals surface area contributed by atoms with E-state index >= 15 is 0 Å². The molecule has 4 rings (SSSR count). The maximum absolute atomic E-state index is 12.8. The van der Waals surface area contributed by atoms with Gasteiger partial charge in [0.1, 0.15) is 17.2 Å². The zero-order valence-corrected chi connectivity index (χ0v) is 18.5. The summed E-state index contributed by atoms with van der Waals surface area (Å²) in [6, 6.07) is 1.79. The Kier molecular flexibility index (Phi) is 5.62. The number of Topliss-reactive ketones (excluding diaryl/α,β-unsaturated/α-hetero) is 1. The first-order chi connectivity index (χ1) is 14.8. The molecule has 8 nitrogen and oxygen atoms in total. The topological polar surface area (TPSA) is 105 Å². The minimum Gasteiger partial charge on any atom is -0.477 e. The summed E-state index contributed by atoms with van der Waals surface area (Å²) in [4.78, 5) is 47.8. The van der Waals surface area contributed by atoms with E-state index in [4.69, 9.17) is 4.98 Å². The molecule has 1 aliphatic rings. The first kappa shape index (κ1) is 21.2. The highest BCUT2D eigenvalue weighted by atomic mass is 32.1. The van der Waals surface area contributed by atoms with Crippen molar-refractivity contribution in [3.63, 3.8) is 0 Å². The Labute approximate surface area is 183 Å². The van der Waals surface area contributed by atoms with Crippen LogP contribution < -0.4 is 10.3 Å². The number of aromatic nitrogens is 3. The molecule has 0 atom stereocenters. The smallest absolute Gasteiger partial charge is 0.341 e. The highest BCUT2D eigenvalue weighted by Crippen LogP contribution is 2.29. The molecule has 0 saturated carbocycles. The third-order valence-corrected chi connectivity index (χ3v) is 6.40. The van der Waals surface area contributed by atoms with Crippen LogP contribution >= 0.6 is 11.3 Å². The normalized spacial score (nSPS) is 14.3. The number of carboxylic acid groups (broad SMARTS) is 1. The second-order valence-electron chi connectivity index (χ2n) is 8.36.